The van der Waals surface area contributed by atoms with Gasteiger partial charge in [0.2, 0.25) is 0 Å². The molecule has 1 aliphatic rings. The van der Waals surface area contributed by atoms with Crippen molar-refractivity contribution in [1.29, 1.82) is 0 Å². The van der Waals surface area contributed by atoms with Crippen molar-refractivity contribution < 1.29 is 0 Å². The average Bonchev–Trinajstić information content (AvgIpc) is 3.45. The van der Waals surface area contributed by atoms with Crippen LogP contribution in [-0.4, -0.2) is 24.9 Å². The number of nitrogens with zero attached hydrogens (tertiary/aromatic N) is 4. The minimum Gasteiger partial charge on any atom is -0.343 e. The maximum absolute atomic E-state index is 6.15. The molecule has 6 heteroatoms. The summed E-state index contributed by atoms with van der Waals surface area (Å²) in [5.74, 6) is 0. The molecule has 32 heavy (non-hydrogen) atoms. The third kappa shape index (κ3) is 3.16. The van der Waals surface area contributed by atoms with E-state index in [1.807, 2.05) is 43.6 Å². The van der Waals surface area contributed by atoms with E-state index in [4.69, 9.17) is 5.73 Å². The van der Waals surface area contributed by atoms with E-state index < -0.39 is 0 Å². The lowest BCUT2D eigenvalue weighted by Crippen LogP contribution is -2.07. The quantitative estimate of drug-likeness (QED) is 0.430. The number of nitrogens with one attached hydrogen (secondary N) is 1. The number of aromatic amines is 1. The molecule has 1 atom stereocenters. The van der Waals surface area contributed by atoms with Crippen LogP contribution in [0.5, 0.6) is 0 Å². The number of aromatic nitrogens is 5. The van der Waals surface area contributed by atoms with Crippen LogP contribution in [0.25, 0.3) is 44.7 Å². The van der Waals surface area contributed by atoms with E-state index in [0.29, 0.717) is 0 Å². The van der Waals surface area contributed by atoms with Crippen molar-refractivity contribution in [3.63, 3.8) is 0 Å². The number of rotatable bonds is 3. The summed E-state index contributed by atoms with van der Waals surface area (Å²) in [5.41, 5.74) is 16.2. The number of hydrogen-bond acceptors (Lipinski definition) is 5. The number of fused-ring (bicyclic) bond motifs is 2. The molecule has 0 amide bonds. The van der Waals surface area contributed by atoms with Crippen molar-refractivity contribution in [2.75, 3.05) is 0 Å². The fourth-order valence-electron chi connectivity index (χ4n) is 4.49. The van der Waals surface area contributed by atoms with Crippen LogP contribution < -0.4 is 5.73 Å². The summed E-state index contributed by atoms with van der Waals surface area (Å²) < 4.78 is 0. The van der Waals surface area contributed by atoms with Gasteiger partial charge in [0, 0.05) is 46.2 Å². The van der Waals surface area contributed by atoms with Gasteiger partial charge in [-0.2, -0.15) is 0 Å². The molecule has 0 fully saturated rings. The molecule has 0 spiro atoms. The van der Waals surface area contributed by atoms with Gasteiger partial charge in [0.05, 0.1) is 34.6 Å². The lowest BCUT2D eigenvalue weighted by molar-refractivity contribution is 0.698. The lowest BCUT2D eigenvalue weighted by Gasteiger charge is -2.08. The molecule has 0 saturated carbocycles. The highest BCUT2D eigenvalue weighted by atomic mass is 14.9. The van der Waals surface area contributed by atoms with Crippen LogP contribution >= 0.6 is 0 Å². The Balaban J connectivity index is 1.42. The monoisotopic (exact) mass is 418 g/mol. The van der Waals surface area contributed by atoms with Gasteiger partial charge >= 0.3 is 0 Å². The number of imidazole rings is 1. The SMILES string of the molecule is Cc1cccc(-c2[nH]cnc2-c2ccc3ncc(-c4cnc5c(c4)CCC5N)cc3c2)n1. The molecular formula is C26H22N6. The summed E-state index contributed by atoms with van der Waals surface area (Å²) in [6, 6.07) is 16.7. The summed E-state index contributed by atoms with van der Waals surface area (Å²) in [6.45, 7) is 1.99. The second-order valence-corrected chi connectivity index (χ2v) is 8.34. The maximum Gasteiger partial charge on any atom is 0.0977 e. The van der Waals surface area contributed by atoms with Crippen molar-refractivity contribution in [1.82, 2.24) is 24.9 Å². The zero-order valence-electron chi connectivity index (χ0n) is 17.7. The van der Waals surface area contributed by atoms with Crippen molar-refractivity contribution in [3.8, 4) is 33.8 Å². The first kappa shape index (κ1) is 18.8. The van der Waals surface area contributed by atoms with Gasteiger partial charge in [0.25, 0.3) is 0 Å². The van der Waals surface area contributed by atoms with Gasteiger partial charge in [-0.05, 0) is 61.7 Å². The Morgan fingerprint density at radius 2 is 1.78 bits per heavy atom. The van der Waals surface area contributed by atoms with E-state index in [1.54, 1.807) is 6.33 Å². The Labute approximate surface area is 185 Å². The predicted octanol–water partition coefficient (Wildman–Crippen LogP) is 5.00. The predicted molar refractivity (Wildman–Crippen MR) is 126 cm³/mol. The lowest BCUT2D eigenvalue weighted by atomic mass is 10.0. The second-order valence-electron chi connectivity index (χ2n) is 8.34. The molecule has 4 aromatic heterocycles. The standard InChI is InChI=1S/C26H22N6/c1-15-3-2-4-23(32-15)26-25(30-14-31-26)17-6-8-22-18(9-17)11-20(12-28-22)19-10-16-5-7-21(27)24(16)29-13-19/h2-4,6,8-14,21H,5,7,27H2,1H3,(H,30,31). The zero-order chi connectivity index (χ0) is 21.7. The highest BCUT2D eigenvalue weighted by molar-refractivity contribution is 5.89. The Bertz CT molecular complexity index is 1470. The first-order chi connectivity index (χ1) is 15.7. The van der Waals surface area contributed by atoms with Gasteiger partial charge in [0.1, 0.15) is 0 Å². The van der Waals surface area contributed by atoms with E-state index in [-0.39, 0.29) is 6.04 Å². The van der Waals surface area contributed by atoms with Crippen molar-refractivity contribution in [2.45, 2.75) is 25.8 Å². The van der Waals surface area contributed by atoms with Crippen molar-refractivity contribution >= 4 is 10.9 Å². The highest BCUT2D eigenvalue weighted by Gasteiger charge is 2.21. The molecule has 1 aromatic carbocycles. The average molecular weight is 419 g/mol. The fraction of sp³-hybridized carbons (Fsp3) is 0.154. The molecule has 1 unspecified atom stereocenters. The summed E-state index contributed by atoms with van der Waals surface area (Å²) >= 11 is 0. The first-order valence-corrected chi connectivity index (χ1v) is 10.8. The molecule has 0 saturated heterocycles. The minimum absolute atomic E-state index is 0.0577. The fourth-order valence-corrected chi connectivity index (χ4v) is 4.49. The Hall–Kier alpha value is -3.90. The number of pyridine rings is 3. The second kappa shape index (κ2) is 7.35. The van der Waals surface area contributed by atoms with Crippen LogP contribution in [0.2, 0.25) is 0 Å². The van der Waals surface area contributed by atoms with Gasteiger partial charge in [-0.3, -0.25) is 15.0 Å². The summed E-state index contributed by atoms with van der Waals surface area (Å²) in [5, 5.41) is 1.06. The first-order valence-electron chi connectivity index (χ1n) is 10.8. The molecular weight excluding hydrogens is 396 g/mol. The largest absolute Gasteiger partial charge is 0.343 e. The van der Waals surface area contributed by atoms with Crippen LogP contribution in [-0.2, 0) is 6.42 Å². The Morgan fingerprint density at radius 1 is 0.938 bits per heavy atom. The highest BCUT2D eigenvalue weighted by Crippen LogP contribution is 2.33. The molecule has 5 aromatic rings. The van der Waals surface area contributed by atoms with E-state index in [2.05, 4.69) is 49.2 Å². The van der Waals surface area contributed by atoms with Crippen LogP contribution in [0.3, 0.4) is 0 Å². The Kier molecular flexibility index (Phi) is 4.33. The minimum atomic E-state index is 0.0577. The van der Waals surface area contributed by atoms with Crippen LogP contribution in [0.4, 0.5) is 0 Å². The molecule has 0 bridgehead atoms. The van der Waals surface area contributed by atoms with Gasteiger partial charge < -0.3 is 10.7 Å². The molecule has 156 valence electrons. The van der Waals surface area contributed by atoms with Crippen molar-refractivity contribution in [3.05, 3.63) is 84.2 Å². The van der Waals surface area contributed by atoms with Crippen LogP contribution in [0, 0.1) is 6.92 Å². The summed E-state index contributed by atoms with van der Waals surface area (Å²) in [6.07, 6.45) is 7.49. The number of nitrogens with two attached hydrogens (primary N) is 1. The molecule has 0 aliphatic heterocycles. The third-order valence-corrected chi connectivity index (χ3v) is 6.15. The van der Waals surface area contributed by atoms with Gasteiger partial charge in [0.15, 0.2) is 0 Å². The third-order valence-electron chi connectivity index (χ3n) is 6.15. The number of hydrogen-bond donors (Lipinski definition) is 2. The van der Waals surface area contributed by atoms with E-state index >= 15 is 0 Å². The molecule has 6 rings (SSSR count). The summed E-state index contributed by atoms with van der Waals surface area (Å²) in [4.78, 5) is 21.8. The molecule has 3 N–H and O–H groups in total. The Morgan fingerprint density at radius 3 is 2.69 bits per heavy atom. The van der Waals surface area contributed by atoms with Gasteiger partial charge in [-0.1, -0.05) is 12.1 Å². The molecule has 6 nitrogen and oxygen atoms in total. The number of benzene rings is 1. The molecule has 1 aliphatic carbocycles. The van der Waals surface area contributed by atoms with Crippen molar-refractivity contribution in [2.24, 2.45) is 5.73 Å². The van der Waals surface area contributed by atoms with Gasteiger partial charge in [-0.25, -0.2) is 4.98 Å². The number of aryl methyl sites for hydroxylation is 2. The summed E-state index contributed by atoms with van der Waals surface area (Å²) in [7, 11) is 0. The normalized spacial score (nSPS) is 15.2. The molecule has 4 heterocycles. The van der Waals surface area contributed by atoms with E-state index in [9.17, 15) is 0 Å². The van der Waals surface area contributed by atoms with Gasteiger partial charge in [-0.15, -0.1) is 0 Å². The maximum atomic E-state index is 6.15. The van der Waals surface area contributed by atoms with Crippen LogP contribution in [0.15, 0.2) is 67.3 Å². The van der Waals surface area contributed by atoms with Crippen LogP contribution in [0.1, 0.15) is 29.4 Å². The number of H-pyrrole nitrogens is 1. The van der Waals surface area contributed by atoms with E-state index in [1.165, 1.54) is 5.56 Å². The molecule has 0 radical (unpaired) electrons. The smallest absolute Gasteiger partial charge is 0.0977 e. The zero-order valence-corrected chi connectivity index (χ0v) is 17.7. The topological polar surface area (TPSA) is 93.4 Å². The van der Waals surface area contributed by atoms with E-state index in [0.717, 1.165) is 68.9 Å².